The molecule has 0 radical (unpaired) electrons. The van der Waals surface area contributed by atoms with Crippen molar-refractivity contribution in [3.05, 3.63) is 29.6 Å². The van der Waals surface area contributed by atoms with E-state index in [0.717, 1.165) is 23.2 Å². The highest BCUT2D eigenvalue weighted by Crippen LogP contribution is 2.28. The Kier molecular flexibility index (Phi) is 3.46. The maximum Gasteiger partial charge on any atom is 0.433 e. The number of alkyl halides is 3. The summed E-state index contributed by atoms with van der Waals surface area (Å²) in [5, 5.41) is 0. The number of halogens is 3. The first-order valence-corrected chi connectivity index (χ1v) is 6.58. The van der Waals surface area contributed by atoms with Crippen LogP contribution >= 0.6 is 0 Å². The van der Waals surface area contributed by atoms with E-state index in [1.165, 1.54) is 4.90 Å². The van der Waals surface area contributed by atoms with E-state index in [9.17, 15) is 27.6 Å². The zero-order valence-electron chi connectivity index (χ0n) is 11.5. The van der Waals surface area contributed by atoms with Crippen molar-refractivity contribution < 1.29 is 32.3 Å². The zero-order valence-corrected chi connectivity index (χ0v) is 11.5. The summed E-state index contributed by atoms with van der Waals surface area (Å²) < 4.78 is 41.8. The van der Waals surface area contributed by atoms with E-state index in [-0.39, 0.29) is 25.3 Å². The Hall–Kier alpha value is -2.65. The van der Waals surface area contributed by atoms with Crippen LogP contribution in [0.3, 0.4) is 0 Å². The minimum absolute atomic E-state index is 0.00627. The molecule has 3 amide bonds. The van der Waals surface area contributed by atoms with Crippen LogP contribution in [0.25, 0.3) is 0 Å². The summed E-state index contributed by atoms with van der Waals surface area (Å²) in [6.07, 6.45) is -4.46. The van der Waals surface area contributed by atoms with E-state index in [4.69, 9.17) is 0 Å². The van der Waals surface area contributed by atoms with Crippen LogP contribution in [0.5, 0.6) is 0 Å². The van der Waals surface area contributed by atoms with E-state index in [1.54, 1.807) is 0 Å². The number of hydrogen-bond acceptors (Lipinski definition) is 5. The minimum atomic E-state index is -4.57. The molecule has 23 heavy (non-hydrogen) atoms. The van der Waals surface area contributed by atoms with E-state index in [1.807, 2.05) is 0 Å². The molecule has 0 atom stereocenters. The van der Waals surface area contributed by atoms with Crippen molar-refractivity contribution in [2.45, 2.75) is 12.2 Å². The van der Waals surface area contributed by atoms with Gasteiger partial charge in [0, 0.05) is 19.3 Å². The van der Waals surface area contributed by atoms with Gasteiger partial charge in [0.2, 0.25) is 0 Å². The Bertz CT molecular complexity index is 652. The second-order valence-corrected chi connectivity index (χ2v) is 5.11. The number of cyclic esters (lactones) is 1. The quantitative estimate of drug-likeness (QED) is 0.805. The van der Waals surface area contributed by atoms with Gasteiger partial charge in [-0.05, 0) is 12.1 Å². The highest BCUT2D eigenvalue weighted by Gasteiger charge is 2.44. The van der Waals surface area contributed by atoms with Crippen molar-refractivity contribution in [1.82, 2.24) is 14.8 Å². The Morgan fingerprint density at radius 1 is 1.26 bits per heavy atom. The van der Waals surface area contributed by atoms with Crippen molar-refractivity contribution in [3.63, 3.8) is 0 Å². The number of imide groups is 1. The first kappa shape index (κ1) is 15.3. The summed E-state index contributed by atoms with van der Waals surface area (Å²) in [6, 6.07) is 1.30. The van der Waals surface area contributed by atoms with Gasteiger partial charge in [-0.1, -0.05) is 0 Å². The van der Waals surface area contributed by atoms with Gasteiger partial charge in [-0.15, -0.1) is 0 Å². The Balaban J connectivity index is 1.63. The van der Waals surface area contributed by atoms with Gasteiger partial charge in [0.25, 0.3) is 11.8 Å². The second-order valence-electron chi connectivity index (χ2n) is 5.11. The zero-order chi connectivity index (χ0) is 16.8. The summed E-state index contributed by atoms with van der Waals surface area (Å²) in [4.78, 5) is 40.4. The lowest BCUT2D eigenvalue weighted by Gasteiger charge is -2.41. The number of amides is 3. The number of carbonyl (C=O) groups excluding carboxylic acids is 3. The molecule has 2 saturated heterocycles. The largest absolute Gasteiger partial charge is 0.439 e. The fraction of sp³-hybridized carbons (Fsp3) is 0.385. The van der Waals surface area contributed by atoms with E-state index in [2.05, 4.69) is 9.72 Å². The molecule has 2 aliphatic rings. The lowest BCUT2D eigenvalue weighted by atomic mass is 10.1. The fourth-order valence-electron chi connectivity index (χ4n) is 2.37. The number of nitrogens with zero attached hydrogens (tertiary/aromatic N) is 3. The van der Waals surface area contributed by atoms with Crippen LogP contribution in [0, 0.1) is 0 Å². The molecule has 0 unspecified atom stereocenters. The third-order valence-corrected chi connectivity index (χ3v) is 3.60. The summed E-state index contributed by atoms with van der Waals surface area (Å²) in [7, 11) is 0. The summed E-state index contributed by atoms with van der Waals surface area (Å²) in [5.41, 5.74) is -1.08. The molecule has 1 aromatic rings. The predicted molar refractivity (Wildman–Crippen MR) is 67.1 cm³/mol. The minimum Gasteiger partial charge on any atom is -0.439 e. The normalized spacial score (nSPS) is 18.9. The first-order valence-electron chi connectivity index (χ1n) is 6.58. The molecule has 2 aliphatic heterocycles. The number of ether oxygens (including phenoxy) is 1. The molecule has 0 aliphatic carbocycles. The van der Waals surface area contributed by atoms with Crippen LogP contribution in [0.4, 0.5) is 18.0 Å². The van der Waals surface area contributed by atoms with Gasteiger partial charge in [-0.25, -0.2) is 9.69 Å². The van der Waals surface area contributed by atoms with Gasteiger partial charge in [0.05, 0.1) is 11.6 Å². The van der Waals surface area contributed by atoms with E-state index >= 15 is 0 Å². The summed E-state index contributed by atoms with van der Waals surface area (Å²) in [6.45, 7) is -0.0898. The average molecular weight is 329 g/mol. The van der Waals surface area contributed by atoms with Crippen molar-refractivity contribution in [2.24, 2.45) is 0 Å². The molecule has 0 aromatic carbocycles. The molecule has 3 rings (SSSR count). The maximum atomic E-state index is 12.4. The van der Waals surface area contributed by atoms with Crippen LogP contribution in [-0.2, 0) is 15.7 Å². The lowest BCUT2D eigenvalue weighted by molar-refractivity contribution is -0.141. The number of likely N-dealkylation sites (tertiary alicyclic amines) is 1. The third kappa shape index (κ3) is 2.71. The maximum absolute atomic E-state index is 12.4. The molecule has 2 fully saturated rings. The molecule has 10 heteroatoms. The smallest absolute Gasteiger partial charge is 0.433 e. The number of hydrogen-bond donors (Lipinski definition) is 0. The van der Waals surface area contributed by atoms with Gasteiger partial charge in [0.1, 0.15) is 5.69 Å². The summed E-state index contributed by atoms with van der Waals surface area (Å²) in [5.74, 6) is -0.981. The van der Waals surface area contributed by atoms with Gasteiger partial charge in [-0.3, -0.25) is 14.6 Å². The van der Waals surface area contributed by atoms with E-state index in [0.29, 0.717) is 0 Å². The number of rotatable bonds is 2. The topological polar surface area (TPSA) is 79.8 Å². The van der Waals surface area contributed by atoms with E-state index < -0.39 is 35.8 Å². The first-order chi connectivity index (χ1) is 10.8. The molecule has 0 spiro atoms. The molecule has 1 aromatic heterocycles. The Labute approximate surface area is 127 Å². The molecule has 122 valence electrons. The number of carbonyl (C=O) groups is 3. The molecular weight excluding hydrogens is 319 g/mol. The molecule has 0 saturated carbocycles. The van der Waals surface area contributed by atoms with Crippen LogP contribution in [0.1, 0.15) is 16.1 Å². The van der Waals surface area contributed by atoms with Gasteiger partial charge < -0.3 is 9.64 Å². The van der Waals surface area contributed by atoms with Crippen LogP contribution in [0.2, 0.25) is 0 Å². The van der Waals surface area contributed by atoms with Crippen LogP contribution in [0.15, 0.2) is 18.3 Å². The molecular formula is C13H10F3N3O4. The molecule has 7 nitrogen and oxygen atoms in total. The second kappa shape index (κ2) is 5.21. The van der Waals surface area contributed by atoms with Crippen molar-refractivity contribution >= 4 is 17.9 Å². The Morgan fingerprint density at radius 3 is 2.43 bits per heavy atom. The van der Waals surface area contributed by atoms with Crippen molar-refractivity contribution in [2.75, 3.05) is 19.7 Å². The van der Waals surface area contributed by atoms with Crippen molar-refractivity contribution in [1.29, 1.82) is 0 Å². The molecule has 0 N–H and O–H groups in total. The van der Waals surface area contributed by atoms with Gasteiger partial charge in [0.15, 0.2) is 6.61 Å². The van der Waals surface area contributed by atoms with Gasteiger partial charge in [-0.2, -0.15) is 13.2 Å². The number of pyridine rings is 1. The lowest BCUT2D eigenvalue weighted by Crippen LogP contribution is -2.62. The average Bonchev–Trinajstić information content (AvgIpc) is 2.77. The van der Waals surface area contributed by atoms with Gasteiger partial charge >= 0.3 is 12.3 Å². The third-order valence-electron chi connectivity index (χ3n) is 3.60. The number of aromatic nitrogens is 1. The standard InChI is InChI=1S/C13H10F3N3O4/c14-13(15,16)9-2-1-7(3-17-9)11(21)18-4-8(5-18)19-10(20)6-23-12(19)22/h1-3,8H,4-6H2. The summed E-state index contributed by atoms with van der Waals surface area (Å²) >= 11 is 0. The molecule has 0 bridgehead atoms. The highest BCUT2D eigenvalue weighted by molar-refractivity contribution is 5.99. The monoisotopic (exact) mass is 329 g/mol. The highest BCUT2D eigenvalue weighted by atomic mass is 19.4. The van der Waals surface area contributed by atoms with Crippen molar-refractivity contribution in [3.8, 4) is 0 Å². The van der Waals surface area contributed by atoms with Crippen LogP contribution in [-0.4, -0.2) is 58.4 Å². The SMILES string of the molecule is O=C(c1ccc(C(F)(F)F)nc1)N1CC(N2C(=O)COC2=O)C1. The van der Waals surface area contributed by atoms with Crippen LogP contribution < -0.4 is 0 Å². The molecule has 3 heterocycles. The Morgan fingerprint density at radius 2 is 1.96 bits per heavy atom. The predicted octanol–water partition coefficient (Wildman–Crippen LogP) is 0.904. The fourth-order valence-corrected chi connectivity index (χ4v) is 2.37.